The molecule has 7 heteroatoms. The summed E-state index contributed by atoms with van der Waals surface area (Å²) in [6, 6.07) is 15.9. The molecule has 1 saturated carbocycles. The summed E-state index contributed by atoms with van der Waals surface area (Å²) in [5.74, 6) is -0.754. The van der Waals surface area contributed by atoms with Crippen molar-refractivity contribution in [2.45, 2.75) is 56.0 Å². The molecule has 2 aliphatic carbocycles. The number of rotatable bonds is 8. The number of aliphatic hydroxyl groups is 1. The van der Waals surface area contributed by atoms with E-state index in [1.807, 2.05) is 30.3 Å². The van der Waals surface area contributed by atoms with E-state index in [9.17, 15) is 23.4 Å². The number of carbonyl (C=O) groups is 1. The van der Waals surface area contributed by atoms with Gasteiger partial charge in [-0.3, -0.25) is 0 Å². The molecule has 0 aliphatic heterocycles. The van der Waals surface area contributed by atoms with Crippen LogP contribution in [0.25, 0.3) is 0 Å². The zero-order chi connectivity index (χ0) is 24.4. The van der Waals surface area contributed by atoms with Crippen LogP contribution < -0.4 is 0 Å². The fourth-order valence-electron chi connectivity index (χ4n) is 6.00. The third kappa shape index (κ3) is 5.53. The number of carboxylic acids is 1. The van der Waals surface area contributed by atoms with Crippen molar-refractivity contribution in [3.63, 3.8) is 0 Å². The fraction of sp³-hybridized carbons (Fsp3) is 0.519. The lowest BCUT2D eigenvalue weighted by atomic mass is 9.56. The smallest absolute Gasteiger partial charge is 0.335 e. The van der Waals surface area contributed by atoms with Crippen LogP contribution in [0.5, 0.6) is 0 Å². The summed E-state index contributed by atoms with van der Waals surface area (Å²) in [4.78, 5) is 11.6. The lowest BCUT2D eigenvalue weighted by Gasteiger charge is -2.50. The van der Waals surface area contributed by atoms with E-state index < -0.39 is 21.4 Å². The number of hydrogen-bond donors (Lipinski definition) is 2. The number of carboxylic acid groups (broad SMARTS) is 1. The van der Waals surface area contributed by atoms with Crippen molar-refractivity contribution in [3.8, 4) is 0 Å². The first-order chi connectivity index (χ1) is 16.1. The summed E-state index contributed by atoms with van der Waals surface area (Å²) >= 11 is 0. The van der Waals surface area contributed by atoms with Gasteiger partial charge in [0.15, 0.2) is 0 Å². The van der Waals surface area contributed by atoms with Gasteiger partial charge in [-0.05, 0) is 79.7 Å². The molecule has 34 heavy (non-hydrogen) atoms. The Morgan fingerprint density at radius 1 is 1.15 bits per heavy atom. The third-order valence-corrected chi connectivity index (χ3v) is 8.57. The Balaban J connectivity index is 1.64. The van der Waals surface area contributed by atoms with Crippen molar-refractivity contribution in [2.75, 3.05) is 25.2 Å². The summed E-state index contributed by atoms with van der Waals surface area (Å²) in [6.07, 6.45) is 6.61. The number of fused-ring (bicyclic) bond motifs is 3. The van der Waals surface area contributed by atoms with E-state index in [2.05, 4.69) is 12.1 Å². The van der Waals surface area contributed by atoms with Crippen LogP contribution in [0, 0.1) is 5.92 Å². The lowest BCUT2D eigenvalue weighted by Crippen LogP contribution is -2.51. The highest BCUT2D eigenvalue weighted by molar-refractivity contribution is 7.90. The van der Waals surface area contributed by atoms with Crippen molar-refractivity contribution >= 4 is 15.8 Å². The van der Waals surface area contributed by atoms with Gasteiger partial charge in [0.05, 0.1) is 30.1 Å². The van der Waals surface area contributed by atoms with E-state index in [-0.39, 0.29) is 30.3 Å². The third-order valence-electron chi connectivity index (χ3n) is 7.66. The topological polar surface area (TPSA) is 101 Å². The minimum absolute atomic E-state index is 0.0518. The van der Waals surface area contributed by atoms with Gasteiger partial charge in [0.2, 0.25) is 0 Å². The van der Waals surface area contributed by atoms with Gasteiger partial charge in [-0.1, -0.05) is 36.4 Å². The molecule has 0 spiro atoms. The first-order valence-corrected chi connectivity index (χ1v) is 14.0. The van der Waals surface area contributed by atoms with Crippen LogP contribution in [0.4, 0.5) is 0 Å². The normalized spacial score (nSPS) is 26.8. The second-order valence-electron chi connectivity index (χ2n) is 10.2. The molecule has 0 unspecified atom stereocenters. The first kappa shape index (κ1) is 24.9. The van der Waals surface area contributed by atoms with Gasteiger partial charge >= 0.3 is 5.97 Å². The van der Waals surface area contributed by atoms with E-state index in [1.165, 1.54) is 17.4 Å². The Morgan fingerprint density at radius 2 is 1.91 bits per heavy atom. The SMILES string of the molecule is CS(=O)(=O)CCOC[C@]1(O)CC[C@]2(Cc3ccccc3)c3ccc(C(=O)O)cc3CCC[C@@H]2C1. The predicted molar refractivity (Wildman–Crippen MR) is 131 cm³/mol. The summed E-state index contributed by atoms with van der Waals surface area (Å²) < 4.78 is 28.4. The minimum Gasteiger partial charge on any atom is -0.478 e. The zero-order valence-electron chi connectivity index (χ0n) is 19.7. The largest absolute Gasteiger partial charge is 0.478 e. The molecule has 4 rings (SSSR count). The van der Waals surface area contributed by atoms with E-state index in [1.54, 1.807) is 6.07 Å². The van der Waals surface area contributed by atoms with Crippen LogP contribution in [0.1, 0.15) is 59.2 Å². The van der Waals surface area contributed by atoms with Gasteiger partial charge in [0, 0.05) is 11.7 Å². The summed E-state index contributed by atoms with van der Waals surface area (Å²) in [6.45, 7) is 0.215. The molecule has 0 amide bonds. The maximum absolute atomic E-state index is 11.6. The Kier molecular flexibility index (Phi) is 7.17. The van der Waals surface area contributed by atoms with Crippen molar-refractivity contribution < 1.29 is 28.2 Å². The van der Waals surface area contributed by atoms with Crippen molar-refractivity contribution in [3.05, 3.63) is 70.8 Å². The highest BCUT2D eigenvalue weighted by atomic mass is 32.2. The molecular weight excluding hydrogens is 452 g/mol. The Bertz CT molecular complexity index is 1130. The van der Waals surface area contributed by atoms with Gasteiger partial charge in [0.25, 0.3) is 0 Å². The van der Waals surface area contributed by atoms with Crippen LogP contribution >= 0.6 is 0 Å². The van der Waals surface area contributed by atoms with E-state index >= 15 is 0 Å². The summed E-state index contributed by atoms with van der Waals surface area (Å²) in [7, 11) is -3.11. The van der Waals surface area contributed by atoms with Crippen LogP contribution in [0.15, 0.2) is 48.5 Å². The van der Waals surface area contributed by atoms with Gasteiger partial charge in [-0.2, -0.15) is 0 Å². The zero-order valence-corrected chi connectivity index (χ0v) is 20.5. The summed E-state index contributed by atoms with van der Waals surface area (Å²) in [5.41, 5.74) is 2.69. The minimum atomic E-state index is -3.11. The van der Waals surface area contributed by atoms with E-state index in [0.717, 1.165) is 37.7 Å². The molecule has 0 radical (unpaired) electrons. The monoisotopic (exact) mass is 486 g/mol. The number of sulfone groups is 1. The maximum atomic E-state index is 11.6. The van der Waals surface area contributed by atoms with Crippen molar-refractivity contribution in [1.82, 2.24) is 0 Å². The lowest BCUT2D eigenvalue weighted by molar-refractivity contribution is -0.0968. The molecule has 0 aromatic heterocycles. The molecule has 0 heterocycles. The van der Waals surface area contributed by atoms with Crippen LogP contribution in [0.3, 0.4) is 0 Å². The van der Waals surface area contributed by atoms with E-state index in [4.69, 9.17) is 4.74 Å². The fourth-order valence-corrected chi connectivity index (χ4v) is 6.42. The van der Waals surface area contributed by atoms with Gasteiger partial charge < -0.3 is 14.9 Å². The standard InChI is InChI=1S/C27H34O6S/c1-34(31,32)15-14-33-19-26(30)12-13-27(17-20-6-3-2-4-7-20)23(18-26)9-5-8-21-16-22(25(28)29)10-11-24(21)27/h2-4,6-7,10-11,16,23,30H,5,8-9,12-15,17-19H2,1H3,(H,28,29)/t23-,26+,27-/m1/s1. The number of hydrogen-bond acceptors (Lipinski definition) is 5. The molecule has 2 N–H and O–H groups in total. The molecule has 6 nitrogen and oxygen atoms in total. The first-order valence-electron chi connectivity index (χ1n) is 12.0. The number of aryl methyl sites for hydroxylation is 1. The van der Waals surface area contributed by atoms with Crippen LogP contribution in [0.2, 0.25) is 0 Å². The highest BCUT2D eigenvalue weighted by Crippen LogP contribution is 2.53. The number of aromatic carboxylic acids is 1. The molecule has 0 bridgehead atoms. The molecule has 1 fully saturated rings. The molecule has 0 saturated heterocycles. The maximum Gasteiger partial charge on any atom is 0.335 e. The Hall–Kier alpha value is -2.22. The highest BCUT2D eigenvalue weighted by Gasteiger charge is 2.50. The number of ether oxygens (including phenoxy) is 1. The molecule has 184 valence electrons. The summed E-state index contributed by atoms with van der Waals surface area (Å²) in [5, 5.41) is 21.0. The number of benzene rings is 2. The van der Waals surface area contributed by atoms with Crippen LogP contribution in [-0.4, -0.2) is 55.4 Å². The second kappa shape index (κ2) is 9.80. The Morgan fingerprint density at radius 3 is 2.62 bits per heavy atom. The molecular formula is C27H34O6S. The molecule has 2 aromatic rings. The molecule has 3 atom stereocenters. The average Bonchev–Trinajstić information content (AvgIpc) is 2.93. The molecule has 2 aromatic carbocycles. The van der Waals surface area contributed by atoms with Gasteiger partial charge in [-0.15, -0.1) is 0 Å². The predicted octanol–water partition coefficient (Wildman–Crippen LogP) is 3.79. The van der Waals surface area contributed by atoms with Gasteiger partial charge in [0.1, 0.15) is 9.84 Å². The van der Waals surface area contributed by atoms with E-state index in [0.29, 0.717) is 18.4 Å². The van der Waals surface area contributed by atoms with Crippen molar-refractivity contribution in [2.24, 2.45) is 5.92 Å². The van der Waals surface area contributed by atoms with Crippen LogP contribution in [-0.2, 0) is 32.8 Å². The second-order valence-corrected chi connectivity index (χ2v) is 12.5. The quantitative estimate of drug-likeness (QED) is 0.551. The average molecular weight is 487 g/mol. The van der Waals surface area contributed by atoms with Gasteiger partial charge in [-0.25, -0.2) is 13.2 Å². The molecule has 2 aliphatic rings. The van der Waals surface area contributed by atoms with Crippen molar-refractivity contribution in [1.29, 1.82) is 0 Å². The Labute approximate surface area is 201 Å².